The van der Waals surface area contributed by atoms with Gasteiger partial charge in [0.25, 0.3) is 0 Å². The van der Waals surface area contributed by atoms with Crippen LogP contribution in [0.3, 0.4) is 0 Å². The van der Waals surface area contributed by atoms with Gasteiger partial charge in [-0.15, -0.1) is 0 Å². The fourth-order valence-corrected chi connectivity index (χ4v) is 8.31. The van der Waals surface area contributed by atoms with E-state index in [2.05, 4.69) is 30.9 Å². The van der Waals surface area contributed by atoms with Crippen molar-refractivity contribution in [2.24, 2.45) is 0 Å². The number of hydrogen-bond donors (Lipinski definition) is 3. The number of carbonyl (C=O) groups is 1. The third-order valence-electron chi connectivity index (χ3n) is 5.94. The zero-order valence-corrected chi connectivity index (χ0v) is 24.1. The Morgan fingerprint density at radius 1 is 1.15 bits per heavy atom. The number of pyridine rings is 1. The van der Waals surface area contributed by atoms with Crippen molar-refractivity contribution in [3.63, 3.8) is 0 Å². The predicted molar refractivity (Wildman–Crippen MR) is 144 cm³/mol. The summed E-state index contributed by atoms with van der Waals surface area (Å²) in [4.78, 5) is 24.7. The summed E-state index contributed by atoms with van der Waals surface area (Å²) in [7, 11) is -3.32. The van der Waals surface area contributed by atoms with E-state index >= 15 is 0 Å². The molecule has 1 aromatic carbocycles. The third-order valence-corrected chi connectivity index (χ3v) is 12.4. The molecule has 3 aromatic rings. The van der Waals surface area contributed by atoms with Gasteiger partial charge in [0.15, 0.2) is 0 Å². The first kappa shape index (κ1) is 29.8. The number of anilines is 3. The van der Waals surface area contributed by atoms with Crippen molar-refractivity contribution in [2.45, 2.75) is 38.5 Å². The standard InChI is InChI=1S/C25H27AsF3N6O4S/c1-2-40(37,38)26-21-17(6-4-10-30-21)14-31-22-20(25(27,28)29)15-32-24(35-22)34-19-7-3-5-16(13-19)23(36)33-18-8-11-39-12-9-18/h3-7,10,13,15,18H,2,8-9,11-12,14H2,1H3,(H,33,36)(H2,31,32,34,35). The van der Waals surface area contributed by atoms with Crippen molar-refractivity contribution in [1.29, 1.82) is 0 Å². The monoisotopic (exact) mass is 639 g/mol. The van der Waals surface area contributed by atoms with Crippen LogP contribution in [0.5, 0.6) is 0 Å². The quantitative estimate of drug-likeness (QED) is 0.287. The first-order valence-electron chi connectivity index (χ1n) is 12.4. The molecular weight excluding hydrogens is 612 g/mol. The summed E-state index contributed by atoms with van der Waals surface area (Å²) >= 11 is -1.32. The number of ether oxygens (including phenoxy) is 1. The second-order valence-electron chi connectivity index (χ2n) is 8.82. The third kappa shape index (κ3) is 8.15. The van der Waals surface area contributed by atoms with Crippen LogP contribution in [0.15, 0.2) is 48.8 Å². The molecule has 0 saturated carbocycles. The summed E-state index contributed by atoms with van der Waals surface area (Å²) in [5, 5.41) is 8.49. The molecule has 0 atom stereocenters. The average molecular weight is 640 g/mol. The summed E-state index contributed by atoms with van der Waals surface area (Å²) in [6, 6.07) is 9.67. The number of halogens is 3. The van der Waals surface area contributed by atoms with Crippen LogP contribution in [0.2, 0.25) is 0 Å². The van der Waals surface area contributed by atoms with Gasteiger partial charge >= 0.3 is 189 Å². The first-order chi connectivity index (χ1) is 19.0. The number of carbonyl (C=O) groups excluding carboxylic acids is 1. The zero-order valence-electron chi connectivity index (χ0n) is 21.4. The van der Waals surface area contributed by atoms with Gasteiger partial charge in [-0.1, -0.05) is 0 Å². The van der Waals surface area contributed by atoms with Gasteiger partial charge in [-0.2, -0.15) is 0 Å². The van der Waals surface area contributed by atoms with E-state index in [1.165, 1.54) is 13.1 Å². The molecule has 4 rings (SSSR count). The molecule has 15 heteroatoms. The molecule has 1 radical (unpaired) electrons. The number of alkyl halides is 3. The van der Waals surface area contributed by atoms with Crippen LogP contribution in [0.4, 0.5) is 30.6 Å². The molecule has 0 unspecified atom stereocenters. The second kappa shape index (κ2) is 13.0. The second-order valence-corrected chi connectivity index (χ2v) is 16.3. The van der Waals surface area contributed by atoms with Crippen molar-refractivity contribution in [3.05, 3.63) is 65.5 Å². The van der Waals surface area contributed by atoms with Crippen LogP contribution in [0.25, 0.3) is 0 Å². The Kier molecular flexibility index (Phi) is 9.64. The number of aromatic nitrogens is 3. The molecule has 3 N–H and O–H groups in total. The topological polar surface area (TPSA) is 135 Å². The molecule has 40 heavy (non-hydrogen) atoms. The molecule has 0 aliphatic carbocycles. The normalized spacial score (nSPS) is 14.8. The van der Waals surface area contributed by atoms with E-state index in [4.69, 9.17) is 4.74 Å². The van der Waals surface area contributed by atoms with Crippen molar-refractivity contribution < 1.29 is 31.1 Å². The van der Waals surface area contributed by atoms with E-state index in [1.807, 2.05) is 0 Å². The van der Waals surface area contributed by atoms with E-state index in [-0.39, 0.29) is 30.2 Å². The van der Waals surface area contributed by atoms with Gasteiger partial charge in [-0.3, -0.25) is 4.79 Å². The number of nitrogens with zero attached hydrogens (tertiary/aromatic N) is 3. The number of hydrogen-bond acceptors (Lipinski definition) is 9. The van der Waals surface area contributed by atoms with Crippen molar-refractivity contribution in [2.75, 3.05) is 29.6 Å². The van der Waals surface area contributed by atoms with Gasteiger partial charge in [-0.25, -0.2) is 0 Å². The van der Waals surface area contributed by atoms with Crippen LogP contribution in [0.1, 0.15) is 41.3 Å². The van der Waals surface area contributed by atoms with Crippen molar-refractivity contribution >= 4 is 50.5 Å². The van der Waals surface area contributed by atoms with E-state index in [0.717, 1.165) is 12.8 Å². The summed E-state index contributed by atoms with van der Waals surface area (Å²) in [6.45, 7) is 2.56. The Morgan fingerprint density at radius 2 is 1.93 bits per heavy atom. The van der Waals surface area contributed by atoms with Crippen LogP contribution in [-0.4, -0.2) is 68.9 Å². The predicted octanol–water partition coefficient (Wildman–Crippen LogP) is 2.83. The fraction of sp³-hybridized carbons (Fsp3) is 0.360. The van der Waals surface area contributed by atoms with Gasteiger partial charge in [0.1, 0.15) is 0 Å². The van der Waals surface area contributed by atoms with Crippen molar-refractivity contribution in [3.8, 4) is 0 Å². The number of nitrogens with one attached hydrogen (secondary N) is 3. The molecule has 1 saturated heterocycles. The van der Waals surface area contributed by atoms with Gasteiger partial charge in [-0.05, 0) is 12.8 Å². The molecule has 1 aliphatic rings. The average Bonchev–Trinajstić information content (AvgIpc) is 2.92. The van der Waals surface area contributed by atoms with Crippen molar-refractivity contribution in [1.82, 2.24) is 20.3 Å². The molecule has 0 bridgehead atoms. The summed E-state index contributed by atoms with van der Waals surface area (Å²) in [5.41, 5.74) is 0.163. The summed E-state index contributed by atoms with van der Waals surface area (Å²) in [6.07, 6.45) is -1.19. The molecule has 0 spiro atoms. The molecular formula is C25H27AsF3N6O4S. The molecule has 3 heterocycles. The van der Waals surface area contributed by atoms with Gasteiger partial charge in [0, 0.05) is 19.3 Å². The zero-order chi connectivity index (χ0) is 28.8. The maximum absolute atomic E-state index is 13.7. The number of amides is 1. The van der Waals surface area contributed by atoms with E-state index < -0.39 is 40.3 Å². The Hall–Kier alpha value is -3.22. The molecule has 213 valence electrons. The Morgan fingerprint density at radius 3 is 2.65 bits per heavy atom. The van der Waals surface area contributed by atoms with Crippen LogP contribution in [-0.2, 0) is 25.6 Å². The number of rotatable bonds is 10. The molecule has 10 nitrogen and oxygen atoms in total. The van der Waals surface area contributed by atoms with Crippen LogP contribution < -0.4 is 20.4 Å². The maximum atomic E-state index is 13.7. The number of benzene rings is 1. The molecule has 1 fully saturated rings. The van der Waals surface area contributed by atoms with Gasteiger partial charge < -0.3 is 10.1 Å². The summed E-state index contributed by atoms with van der Waals surface area (Å²) in [5.74, 6) is -0.925. The van der Waals surface area contributed by atoms with E-state index in [1.54, 1.807) is 36.4 Å². The first-order valence-corrected chi connectivity index (χ1v) is 17.2. The van der Waals surface area contributed by atoms with Crippen LogP contribution >= 0.6 is 0 Å². The molecule has 2 aromatic heterocycles. The molecule has 1 amide bonds. The molecule has 1 aliphatic heterocycles. The Bertz CT molecular complexity index is 1450. The minimum atomic E-state index is -4.74. The summed E-state index contributed by atoms with van der Waals surface area (Å²) < 4.78 is 71.1. The minimum absolute atomic E-state index is 0.00829. The van der Waals surface area contributed by atoms with Crippen LogP contribution in [0, 0.1) is 0 Å². The van der Waals surface area contributed by atoms with E-state index in [9.17, 15) is 26.4 Å². The van der Waals surface area contributed by atoms with E-state index in [0.29, 0.717) is 40.7 Å². The Labute approximate surface area is 235 Å². The Balaban J connectivity index is 1.52. The fourth-order valence-electron chi connectivity index (χ4n) is 3.79. The van der Waals surface area contributed by atoms with Gasteiger partial charge in [0.2, 0.25) is 0 Å². The SMILES string of the molecule is CCS(=O)(=O)[As]c1ncccc1CNc1nc(Nc2cccc(C(=O)NC3CCOCC3)c2)ncc1C(F)(F)F. The van der Waals surface area contributed by atoms with Gasteiger partial charge in [0.05, 0.1) is 0 Å².